The van der Waals surface area contributed by atoms with E-state index in [1.807, 2.05) is 32.0 Å². The Morgan fingerprint density at radius 1 is 1.31 bits per heavy atom. The third-order valence-electron chi connectivity index (χ3n) is 3.77. The molecule has 0 aliphatic carbocycles. The monoisotopic (exact) mass is 435 g/mol. The fourth-order valence-corrected chi connectivity index (χ4v) is 3.65. The van der Waals surface area contributed by atoms with Crippen molar-refractivity contribution in [2.45, 2.75) is 31.2 Å². The van der Waals surface area contributed by atoms with Gasteiger partial charge in [-0.25, -0.2) is 9.97 Å². The molecule has 136 valence electrons. The maximum Gasteiger partial charge on any atom is 0.251 e. The number of halogens is 1. The number of hydrogen-bond donors (Lipinski definition) is 1. The minimum atomic E-state index is -0.143. The average molecular weight is 436 g/mol. The molecule has 0 atom stereocenters. The van der Waals surface area contributed by atoms with Crippen LogP contribution in [0.25, 0.3) is 11.5 Å². The Bertz CT molecular complexity index is 984. The lowest BCUT2D eigenvalue weighted by molar-refractivity contribution is 0.414. The van der Waals surface area contributed by atoms with E-state index >= 15 is 0 Å². The summed E-state index contributed by atoms with van der Waals surface area (Å²) < 4.78 is 12.1. The highest BCUT2D eigenvalue weighted by molar-refractivity contribution is 9.10. The molecular formula is C18H18BrN3O3S. The van der Waals surface area contributed by atoms with Crippen molar-refractivity contribution >= 4 is 27.7 Å². The highest BCUT2D eigenvalue weighted by Crippen LogP contribution is 2.34. The van der Waals surface area contributed by atoms with Gasteiger partial charge in [-0.2, -0.15) is 0 Å². The Hall–Kier alpha value is -2.06. The van der Waals surface area contributed by atoms with Crippen LogP contribution in [0.2, 0.25) is 0 Å². The molecule has 6 nitrogen and oxygen atoms in total. The van der Waals surface area contributed by atoms with Crippen molar-refractivity contribution in [2.75, 3.05) is 7.11 Å². The fourth-order valence-electron chi connectivity index (χ4n) is 2.39. The summed E-state index contributed by atoms with van der Waals surface area (Å²) in [6.07, 6.45) is 0.716. The van der Waals surface area contributed by atoms with E-state index in [4.69, 9.17) is 9.15 Å². The molecule has 0 saturated carbocycles. The topological polar surface area (TPSA) is 81.0 Å². The number of thioether (sulfide) groups is 1. The van der Waals surface area contributed by atoms with Crippen LogP contribution in [-0.2, 0) is 12.2 Å². The van der Waals surface area contributed by atoms with E-state index in [-0.39, 0.29) is 5.56 Å². The van der Waals surface area contributed by atoms with Gasteiger partial charge in [0.25, 0.3) is 5.56 Å². The standard InChI is InChI=1S/C18H18BrN3O3S/c1-4-12-8-16(23)22-18(20-12)26-9-14-10(2)25-17(21-14)13-7-11(19)5-6-15(13)24-3/h5-8H,4,9H2,1-3H3,(H,20,22,23). The van der Waals surface area contributed by atoms with Crippen molar-refractivity contribution in [3.05, 3.63) is 56.2 Å². The number of aryl methyl sites for hydroxylation is 2. The maximum absolute atomic E-state index is 11.7. The number of nitrogens with zero attached hydrogens (tertiary/aromatic N) is 2. The van der Waals surface area contributed by atoms with E-state index in [1.165, 1.54) is 17.8 Å². The largest absolute Gasteiger partial charge is 0.496 e. The van der Waals surface area contributed by atoms with Crippen LogP contribution in [-0.4, -0.2) is 22.1 Å². The molecule has 0 radical (unpaired) electrons. The van der Waals surface area contributed by atoms with Crippen molar-refractivity contribution in [3.8, 4) is 17.2 Å². The first-order chi connectivity index (χ1) is 12.5. The van der Waals surface area contributed by atoms with Crippen molar-refractivity contribution in [3.63, 3.8) is 0 Å². The predicted octanol–water partition coefficient (Wildman–Crippen LogP) is 4.36. The van der Waals surface area contributed by atoms with Gasteiger partial charge in [0.05, 0.1) is 18.4 Å². The lowest BCUT2D eigenvalue weighted by atomic mass is 10.2. The number of hydrogen-bond acceptors (Lipinski definition) is 6. The molecule has 2 aromatic heterocycles. The second kappa shape index (κ2) is 8.09. The molecular weight excluding hydrogens is 418 g/mol. The molecule has 0 bridgehead atoms. The van der Waals surface area contributed by atoms with E-state index in [0.717, 1.165) is 27.2 Å². The van der Waals surface area contributed by atoms with E-state index in [2.05, 4.69) is 30.9 Å². The van der Waals surface area contributed by atoms with E-state index in [9.17, 15) is 4.79 Å². The zero-order chi connectivity index (χ0) is 18.7. The predicted molar refractivity (Wildman–Crippen MR) is 105 cm³/mol. The molecule has 0 unspecified atom stereocenters. The Balaban J connectivity index is 1.84. The zero-order valence-corrected chi connectivity index (χ0v) is 17.0. The number of nitrogens with one attached hydrogen (secondary N) is 1. The molecule has 1 N–H and O–H groups in total. The number of aromatic nitrogens is 3. The van der Waals surface area contributed by atoms with Gasteiger partial charge >= 0.3 is 0 Å². The molecule has 0 spiro atoms. The molecule has 0 aliphatic rings. The molecule has 0 aliphatic heterocycles. The quantitative estimate of drug-likeness (QED) is 0.457. The summed E-state index contributed by atoms with van der Waals surface area (Å²) in [6.45, 7) is 3.84. The van der Waals surface area contributed by atoms with Crippen LogP contribution in [0.4, 0.5) is 0 Å². The van der Waals surface area contributed by atoms with Gasteiger partial charge in [-0.1, -0.05) is 34.6 Å². The smallest absolute Gasteiger partial charge is 0.251 e. The zero-order valence-electron chi connectivity index (χ0n) is 14.6. The van der Waals surface area contributed by atoms with E-state index in [0.29, 0.717) is 29.0 Å². The number of rotatable bonds is 6. The summed E-state index contributed by atoms with van der Waals surface area (Å²) in [7, 11) is 1.61. The van der Waals surface area contributed by atoms with Gasteiger partial charge in [-0.05, 0) is 31.5 Å². The molecule has 26 heavy (non-hydrogen) atoms. The van der Waals surface area contributed by atoms with Crippen LogP contribution < -0.4 is 10.3 Å². The van der Waals surface area contributed by atoms with Gasteiger partial charge in [0.1, 0.15) is 11.5 Å². The van der Waals surface area contributed by atoms with E-state index < -0.39 is 0 Å². The van der Waals surface area contributed by atoms with Gasteiger partial charge in [0.2, 0.25) is 5.89 Å². The highest BCUT2D eigenvalue weighted by atomic mass is 79.9. The first-order valence-electron chi connectivity index (χ1n) is 8.03. The molecule has 8 heteroatoms. The second-order valence-corrected chi connectivity index (χ2v) is 7.43. The normalized spacial score (nSPS) is 10.9. The Kier molecular flexibility index (Phi) is 5.83. The van der Waals surface area contributed by atoms with Crippen LogP contribution >= 0.6 is 27.7 Å². The van der Waals surface area contributed by atoms with Gasteiger partial charge < -0.3 is 14.1 Å². The number of H-pyrrole nitrogens is 1. The van der Waals surface area contributed by atoms with Crippen molar-refractivity contribution in [1.82, 2.24) is 15.0 Å². The summed E-state index contributed by atoms with van der Waals surface area (Å²) >= 11 is 4.88. The van der Waals surface area contributed by atoms with Crippen LogP contribution in [0.3, 0.4) is 0 Å². The summed E-state index contributed by atoms with van der Waals surface area (Å²) in [6, 6.07) is 7.18. The summed E-state index contributed by atoms with van der Waals surface area (Å²) in [5.41, 5.74) is 2.21. The van der Waals surface area contributed by atoms with Gasteiger partial charge in [-0.3, -0.25) is 4.79 Å². The Labute approximate surface area is 163 Å². The molecule has 0 amide bonds. The van der Waals surface area contributed by atoms with Crippen LogP contribution in [0.1, 0.15) is 24.1 Å². The molecule has 3 rings (SSSR count). The minimum absolute atomic E-state index is 0.143. The summed E-state index contributed by atoms with van der Waals surface area (Å²) in [5, 5.41) is 0.582. The van der Waals surface area contributed by atoms with Gasteiger partial charge in [0, 0.05) is 22.0 Å². The minimum Gasteiger partial charge on any atom is -0.496 e. The van der Waals surface area contributed by atoms with Crippen LogP contribution in [0, 0.1) is 6.92 Å². The molecule has 3 aromatic rings. The van der Waals surface area contributed by atoms with Gasteiger partial charge in [-0.15, -0.1) is 0 Å². The van der Waals surface area contributed by atoms with Crippen LogP contribution in [0.5, 0.6) is 5.75 Å². The molecule has 0 saturated heterocycles. The molecule has 0 fully saturated rings. The van der Waals surface area contributed by atoms with Crippen LogP contribution in [0.15, 0.2) is 43.1 Å². The number of benzene rings is 1. The van der Waals surface area contributed by atoms with Crippen molar-refractivity contribution < 1.29 is 9.15 Å². The SMILES string of the molecule is CCc1cc(=O)[nH]c(SCc2nc(-c3cc(Br)ccc3OC)oc2C)n1. The molecule has 1 aromatic carbocycles. The van der Waals surface area contributed by atoms with Crippen molar-refractivity contribution in [1.29, 1.82) is 0 Å². The fraction of sp³-hybridized carbons (Fsp3) is 0.278. The second-order valence-electron chi connectivity index (χ2n) is 5.55. The van der Waals surface area contributed by atoms with Gasteiger partial charge in [0.15, 0.2) is 5.16 Å². The Morgan fingerprint density at radius 3 is 2.85 bits per heavy atom. The number of aromatic amines is 1. The maximum atomic E-state index is 11.7. The molecule has 2 heterocycles. The third kappa shape index (κ3) is 4.19. The number of oxazole rings is 1. The van der Waals surface area contributed by atoms with Crippen molar-refractivity contribution in [2.24, 2.45) is 0 Å². The third-order valence-corrected chi connectivity index (χ3v) is 5.14. The summed E-state index contributed by atoms with van der Waals surface area (Å²) in [5.74, 6) is 2.46. The lowest BCUT2D eigenvalue weighted by Crippen LogP contribution is -2.09. The summed E-state index contributed by atoms with van der Waals surface area (Å²) in [4.78, 5) is 23.5. The Morgan fingerprint density at radius 2 is 2.12 bits per heavy atom. The lowest BCUT2D eigenvalue weighted by Gasteiger charge is -2.05. The highest BCUT2D eigenvalue weighted by Gasteiger charge is 2.16. The van der Waals surface area contributed by atoms with E-state index in [1.54, 1.807) is 7.11 Å². The number of methoxy groups -OCH3 is 1. The first-order valence-corrected chi connectivity index (χ1v) is 9.81. The number of ether oxygens (including phenoxy) is 1. The first kappa shape index (κ1) is 18.7. The average Bonchev–Trinajstić information content (AvgIpc) is 3.00.